The third-order valence-electron chi connectivity index (χ3n) is 5.87. The summed E-state index contributed by atoms with van der Waals surface area (Å²) in [5.41, 5.74) is 1.90. The summed E-state index contributed by atoms with van der Waals surface area (Å²) in [6, 6.07) is 7.86. The van der Waals surface area contributed by atoms with Crippen LogP contribution in [0.4, 0.5) is 11.4 Å². The number of hydrogen-bond acceptors (Lipinski definition) is 6. The molecular weight excluding hydrogens is 428 g/mol. The van der Waals surface area contributed by atoms with Crippen LogP contribution in [-0.4, -0.2) is 61.9 Å². The molecule has 0 radical (unpaired) electrons. The van der Waals surface area contributed by atoms with Gasteiger partial charge in [-0.25, -0.2) is 0 Å². The van der Waals surface area contributed by atoms with Crippen LogP contribution in [0.5, 0.6) is 0 Å². The van der Waals surface area contributed by atoms with Gasteiger partial charge in [0.15, 0.2) is 0 Å². The lowest BCUT2D eigenvalue weighted by Gasteiger charge is -2.15. The summed E-state index contributed by atoms with van der Waals surface area (Å²) < 4.78 is 11.2. The second-order valence-electron chi connectivity index (χ2n) is 9.33. The molecular formula is C28H52N2O4. The molecule has 4 N–H and O–H groups in total. The Kier molecular flexibility index (Phi) is 20.0. The van der Waals surface area contributed by atoms with Crippen LogP contribution in [0.1, 0.15) is 90.9 Å². The lowest BCUT2D eigenvalue weighted by Crippen LogP contribution is -2.25. The number of benzene rings is 1. The molecule has 6 nitrogen and oxygen atoms in total. The fourth-order valence-electron chi connectivity index (χ4n) is 3.70. The standard InChI is InChI=1S/C28H52N2O4/c1-3-5-7-9-11-13-19-33-23-27(31)21-29-25-15-17-26(18-16-25)30-22-28(32)24-34-20-14-12-10-8-6-4-2/h15-18,27-32H,3-14,19-24H2,1-2H3. The van der Waals surface area contributed by atoms with Crippen molar-refractivity contribution < 1.29 is 19.7 Å². The minimum Gasteiger partial charge on any atom is -0.389 e. The maximum absolute atomic E-state index is 10.1. The maximum atomic E-state index is 10.1. The van der Waals surface area contributed by atoms with Crippen molar-refractivity contribution in [2.75, 3.05) is 50.2 Å². The number of aliphatic hydroxyl groups excluding tert-OH is 2. The maximum Gasteiger partial charge on any atom is 0.0945 e. The van der Waals surface area contributed by atoms with Gasteiger partial charge >= 0.3 is 0 Å². The first-order valence-electron chi connectivity index (χ1n) is 13.7. The lowest BCUT2D eigenvalue weighted by atomic mass is 10.1. The van der Waals surface area contributed by atoms with E-state index in [-0.39, 0.29) is 0 Å². The van der Waals surface area contributed by atoms with Crippen LogP contribution in [0.2, 0.25) is 0 Å². The molecule has 0 aliphatic heterocycles. The van der Waals surface area contributed by atoms with Crippen molar-refractivity contribution in [3.63, 3.8) is 0 Å². The molecule has 1 aromatic rings. The smallest absolute Gasteiger partial charge is 0.0945 e. The molecule has 6 heteroatoms. The molecule has 0 fully saturated rings. The summed E-state index contributed by atoms with van der Waals surface area (Å²) in [4.78, 5) is 0. The third-order valence-corrected chi connectivity index (χ3v) is 5.87. The molecule has 0 aliphatic carbocycles. The molecule has 34 heavy (non-hydrogen) atoms. The van der Waals surface area contributed by atoms with Crippen LogP contribution in [0.25, 0.3) is 0 Å². The summed E-state index contributed by atoms with van der Waals surface area (Å²) in [6.07, 6.45) is 13.9. The highest BCUT2D eigenvalue weighted by atomic mass is 16.5. The first kappa shape index (κ1) is 30.7. The van der Waals surface area contributed by atoms with E-state index < -0.39 is 12.2 Å². The van der Waals surface area contributed by atoms with E-state index in [1.54, 1.807) is 0 Å². The van der Waals surface area contributed by atoms with E-state index in [4.69, 9.17) is 9.47 Å². The summed E-state index contributed by atoms with van der Waals surface area (Å²) in [5, 5.41) is 26.7. The largest absolute Gasteiger partial charge is 0.389 e. The highest BCUT2D eigenvalue weighted by molar-refractivity contribution is 5.53. The van der Waals surface area contributed by atoms with Crippen LogP contribution >= 0.6 is 0 Å². The van der Waals surface area contributed by atoms with Crippen molar-refractivity contribution in [1.82, 2.24) is 0 Å². The number of anilines is 2. The fourth-order valence-corrected chi connectivity index (χ4v) is 3.70. The highest BCUT2D eigenvalue weighted by Crippen LogP contribution is 2.14. The molecule has 2 atom stereocenters. The SMILES string of the molecule is CCCCCCCCOCC(O)CNc1ccc(NCC(O)COCCCCCCCC)cc1. The van der Waals surface area contributed by atoms with Gasteiger partial charge in [-0.2, -0.15) is 0 Å². The summed E-state index contributed by atoms with van der Waals surface area (Å²) in [5.74, 6) is 0. The zero-order chi connectivity index (χ0) is 24.7. The number of nitrogens with one attached hydrogen (secondary N) is 2. The number of ether oxygens (including phenoxy) is 2. The zero-order valence-corrected chi connectivity index (χ0v) is 21.9. The van der Waals surface area contributed by atoms with Gasteiger partial charge in [0.2, 0.25) is 0 Å². The Labute approximate surface area is 208 Å². The van der Waals surface area contributed by atoms with Gasteiger partial charge in [-0.05, 0) is 37.1 Å². The predicted octanol–water partition coefficient (Wildman–Crippen LogP) is 5.99. The van der Waals surface area contributed by atoms with Crippen molar-refractivity contribution in [2.24, 2.45) is 0 Å². The minimum atomic E-state index is -0.524. The second-order valence-corrected chi connectivity index (χ2v) is 9.33. The number of aliphatic hydroxyl groups is 2. The first-order chi connectivity index (χ1) is 16.7. The molecule has 1 aromatic carbocycles. The molecule has 0 bridgehead atoms. The molecule has 0 aliphatic rings. The van der Waals surface area contributed by atoms with Gasteiger partial charge < -0.3 is 30.3 Å². The van der Waals surface area contributed by atoms with Crippen molar-refractivity contribution >= 4 is 11.4 Å². The van der Waals surface area contributed by atoms with E-state index in [9.17, 15) is 10.2 Å². The first-order valence-corrected chi connectivity index (χ1v) is 13.7. The van der Waals surface area contributed by atoms with Crippen LogP contribution in [0.3, 0.4) is 0 Å². The van der Waals surface area contributed by atoms with Gasteiger partial charge in [0.1, 0.15) is 0 Å². The summed E-state index contributed by atoms with van der Waals surface area (Å²) >= 11 is 0. The van der Waals surface area contributed by atoms with Crippen LogP contribution in [0, 0.1) is 0 Å². The van der Waals surface area contributed by atoms with Crippen LogP contribution in [0.15, 0.2) is 24.3 Å². The lowest BCUT2D eigenvalue weighted by molar-refractivity contribution is 0.0416. The van der Waals surface area contributed by atoms with Crippen LogP contribution in [-0.2, 0) is 9.47 Å². The summed E-state index contributed by atoms with van der Waals surface area (Å²) in [6.45, 7) is 7.53. The Hall–Kier alpha value is -1.34. The molecule has 198 valence electrons. The van der Waals surface area contributed by atoms with Crippen molar-refractivity contribution in [1.29, 1.82) is 0 Å². The Morgan fingerprint density at radius 2 is 0.941 bits per heavy atom. The number of rotatable bonds is 24. The Morgan fingerprint density at radius 3 is 1.32 bits per heavy atom. The fraction of sp³-hybridized carbons (Fsp3) is 0.786. The molecule has 0 amide bonds. The van der Waals surface area contributed by atoms with Gasteiger partial charge in [-0.1, -0.05) is 78.1 Å². The Morgan fingerprint density at radius 1 is 0.588 bits per heavy atom. The summed E-state index contributed by atoms with van der Waals surface area (Å²) in [7, 11) is 0. The van der Waals surface area contributed by atoms with E-state index in [1.807, 2.05) is 24.3 Å². The molecule has 0 aromatic heterocycles. The van der Waals surface area contributed by atoms with E-state index >= 15 is 0 Å². The van der Waals surface area contributed by atoms with Crippen molar-refractivity contribution in [3.05, 3.63) is 24.3 Å². The molecule has 0 heterocycles. The molecule has 1 rings (SSSR count). The normalized spacial score (nSPS) is 13.1. The average Bonchev–Trinajstić information content (AvgIpc) is 2.85. The van der Waals surface area contributed by atoms with E-state index in [0.717, 1.165) is 37.4 Å². The van der Waals surface area contributed by atoms with Crippen molar-refractivity contribution in [2.45, 2.75) is 103 Å². The van der Waals surface area contributed by atoms with E-state index in [1.165, 1.54) is 64.2 Å². The Balaban J connectivity index is 2.04. The van der Waals surface area contributed by atoms with Gasteiger partial charge in [0.25, 0.3) is 0 Å². The molecule has 0 saturated heterocycles. The third kappa shape index (κ3) is 18.0. The monoisotopic (exact) mass is 480 g/mol. The highest BCUT2D eigenvalue weighted by Gasteiger charge is 2.06. The van der Waals surface area contributed by atoms with E-state index in [2.05, 4.69) is 24.5 Å². The number of unbranched alkanes of at least 4 members (excludes halogenated alkanes) is 10. The minimum absolute atomic E-state index is 0.362. The molecule has 2 unspecified atom stereocenters. The van der Waals surface area contributed by atoms with Crippen LogP contribution < -0.4 is 10.6 Å². The van der Waals surface area contributed by atoms with Gasteiger partial charge in [0.05, 0.1) is 25.4 Å². The predicted molar refractivity (Wildman–Crippen MR) is 144 cm³/mol. The molecule has 0 saturated carbocycles. The molecule has 0 spiro atoms. The van der Waals surface area contributed by atoms with E-state index in [0.29, 0.717) is 26.3 Å². The van der Waals surface area contributed by atoms with Gasteiger partial charge in [-0.15, -0.1) is 0 Å². The number of hydrogen-bond donors (Lipinski definition) is 4. The quantitative estimate of drug-likeness (QED) is 0.136. The zero-order valence-electron chi connectivity index (χ0n) is 21.9. The van der Waals surface area contributed by atoms with Crippen molar-refractivity contribution in [3.8, 4) is 0 Å². The Bertz CT molecular complexity index is 507. The van der Waals surface area contributed by atoms with Gasteiger partial charge in [-0.3, -0.25) is 0 Å². The topological polar surface area (TPSA) is 83.0 Å². The second kappa shape index (κ2) is 22.1. The van der Waals surface area contributed by atoms with Gasteiger partial charge in [0, 0.05) is 37.7 Å². The average molecular weight is 481 g/mol.